The molecule has 1 amide bonds. The van der Waals surface area contributed by atoms with Gasteiger partial charge >= 0.3 is 0 Å². The third-order valence-electron chi connectivity index (χ3n) is 4.40. The third kappa shape index (κ3) is 2.81. The number of hydrogen-bond acceptors (Lipinski definition) is 2. The van der Waals surface area contributed by atoms with Gasteiger partial charge in [-0.15, -0.1) is 0 Å². The first-order chi connectivity index (χ1) is 9.09. The van der Waals surface area contributed by atoms with Crippen molar-refractivity contribution in [1.82, 2.24) is 10.6 Å². The molecule has 0 radical (unpaired) electrons. The molecule has 0 aromatic heterocycles. The molecule has 2 atom stereocenters. The molecule has 3 heteroatoms. The molecule has 1 aliphatic heterocycles. The molecule has 0 bridgehead atoms. The lowest BCUT2D eigenvalue weighted by molar-refractivity contribution is -0.131. The van der Waals surface area contributed by atoms with Crippen molar-refractivity contribution >= 4 is 5.91 Å². The van der Waals surface area contributed by atoms with E-state index in [0.717, 1.165) is 25.9 Å². The highest BCUT2D eigenvalue weighted by Gasteiger charge is 2.39. The quantitative estimate of drug-likeness (QED) is 0.873. The van der Waals surface area contributed by atoms with Crippen molar-refractivity contribution in [2.45, 2.75) is 39.7 Å². The number of benzene rings is 1. The zero-order valence-corrected chi connectivity index (χ0v) is 12.1. The van der Waals surface area contributed by atoms with E-state index in [2.05, 4.69) is 43.5 Å². The van der Waals surface area contributed by atoms with Crippen LogP contribution < -0.4 is 10.6 Å². The molecule has 1 fully saturated rings. The third-order valence-corrected chi connectivity index (χ3v) is 4.40. The van der Waals surface area contributed by atoms with Crippen LogP contribution in [0.25, 0.3) is 0 Å². The van der Waals surface area contributed by atoms with E-state index < -0.39 is 0 Å². The summed E-state index contributed by atoms with van der Waals surface area (Å²) in [4.78, 5) is 12.5. The fourth-order valence-corrected chi connectivity index (χ4v) is 2.90. The summed E-state index contributed by atoms with van der Waals surface area (Å²) in [7, 11) is 0. The first-order valence-corrected chi connectivity index (χ1v) is 7.16. The minimum Gasteiger partial charge on any atom is -0.349 e. The van der Waals surface area contributed by atoms with Crippen LogP contribution in [0.5, 0.6) is 0 Å². The Morgan fingerprint density at radius 2 is 2.21 bits per heavy atom. The van der Waals surface area contributed by atoms with Crippen LogP contribution in [0.3, 0.4) is 0 Å². The molecule has 0 aliphatic carbocycles. The molecular formula is C16H24N2O. The van der Waals surface area contributed by atoms with E-state index in [1.807, 2.05) is 12.1 Å². The summed E-state index contributed by atoms with van der Waals surface area (Å²) < 4.78 is 0. The van der Waals surface area contributed by atoms with E-state index in [4.69, 9.17) is 0 Å². The number of aryl methyl sites for hydroxylation is 1. The molecule has 1 aromatic rings. The second-order valence-electron chi connectivity index (χ2n) is 5.61. The number of carbonyl (C=O) groups is 1. The fourth-order valence-electron chi connectivity index (χ4n) is 2.90. The van der Waals surface area contributed by atoms with Crippen molar-refractivity contribution in [3.05, 3.63) is 35.4 Å². The lowest BCUT2D eigenvalue weighted by atomic mass is 9.83. The van der Waals surface area contributed by atoms with Crippen molar-refractivity contribution in [3.63, 3.8) is 0 Å². The Morgan fingerprint density at radius 1 is 1.47 bits per heavy atom. The van der Waals surface area contributed by atoms with Gasteiger partial charge in [0.15, 0.2) is 0 Å². The predicted molar refractivity (Wildman–Crippen MR) is 77.9 cm³/mol. The van der Waals surface area contributed by atoms with E-state index >= 15 is 0 Å². The molecule has 2 N–H and O–H groups in total. The summed E-state index contributed by atoms with van der Waals surface area (Å²) >= 11 is 0. The first-order valence-electron chi connectivity index (χ1n) is 7.16. The standard InChI is InChI=1S/C16H24N2O/c1-4-16(9-10-17-11-16)15(19)18-13(3)14-8-6-5-7-12(14)2/h5-8,13,17H,4,9-11H2,1-3H3,(H,18,19)/t13-,16?/m0/s1. The second kappa shape index (κ2) is 5.74. The largest absolute Gasteiger partial charge is 0.349 e. The number of rotatable bonds is 4. The first kappa shape index (κ1) is 14.1. The maximum Gasteiger partial charge on any atom is 0.228 e. The Bertz CT molecular complexity index is 450. The van der Waals surface area contributed by atoms with Crippen molar-refractivity contribution in [2.75, 3.05) is 13.1 Å². The molecule has 1 unspecified atom stereocenters. The smallest absolute Gasteiger partial charge is 0.228 e. The van der Waals surface area contributed by atoms with Crippen molar-refractivity contribution in [3.8, 4) is 0 Å². The highest BCUT2D eigenvalue weighted by Crippen LogP contribution is 2.30. The van der Waals surface area contributed by atoms with Gasteiger partial charge in [-0.05, 0) is 44.4 Å². The predicted octanol–water partition coefficient (Wildman–Crippen LogP) is 2.56. The number of carbonyl (C=O) groups excluding carboxylic acids is 1. The summed E-state index contributed by atoms with van der Waals surface area (Å²) in [5.74, 6) is 0.191. The molecule has 1 saturated heterocycles. The highest BCUT2D eigenvalue weighted by atomic mass is 16.2. The van der Waals surface area contributed by atoms with Gasteiger partial charge in [0.2, 0.25) is 5.91 Å². The van der Waals surface area contributed by atoms with Crippen molar-refractivity contribution in [2.24, 2.45) is 5.41 Å². The van der Waals surface area contributed by atoms with Crippen LogP contribution in [-0.2, 0) is 4.79 Å². The van der Waals surface area contributed by atoms with Gasteiger partial charge in [0.05, 0.1) is 11.5 Å². The summed E-state index contributed by atoms with van der Waals surface area (Å²) in [6, 6.07) is 8.30. The van der Waals surface area contributed by atoms with E-state index in [0.29, 0.717) is 0 Å². The van der Waals surface area contributed by atoms with Crippen molar-refractivity contribution in [1.29, 1.82) is 0 Å². The molecule has 0 spiro atoms. The Balaban J connectivity index is 2.08. The SMILES string of the molecule is CCC1(C(=O)N[C@@H](C)c2ccccc2C)CCNC1. The minimum absolute atomic E-state index is 0.0673. The zero-order valence-electron chi connectivity index (χ0n) is 12.1. The van der Waals surface area contributed by atoms with E-state index in [1.54, 1.807) is 0 Å². The summed E-state index contributed by atoms with van der Waals surface area (Å²) in [6.07, 6.45) is 1.84. The summed E-state index contributed by atoms with van der Waals surface area (Å²) in [5.41, 5.74) is 2.22. The Labute approximate surface area is 115 Å². The zero-order chi connectivity index (χ0) is 13.9. The van der Waals surface area contributed by atoms with Gasteiger partial charge in [0, 0.05) is 6.54 Å². The van der Waals surface area contributed by atoms with Gasteiger partial charge < -0.3 is 10.6 Å². The molecular weight excluding hydrogens is 236 g/mol. The molecule has 2 rings (SSSR count). The topological polar surface area (TPSA) is 41.1 Å². The van der Waals surface area contributed by atoms with Crippen LogP contribution in [-0.4, -0.2) is 19.0 Å². The lowest BCUT2D eigenvalue weighted by Crippen LogP contribution is -2.43. The van der Waals surface area contributed by atoms with Crippen LogP contribution >= 0.6 is 0 Å². The van der Waals surface area contributed by atoms with Gasteiger partial charge in [0.25, 0.3) is 0 Å². The Hall–Kier alpha value is -1.35. The minimum atomic E-state index is -0.211. The molecule has 1 aliphatic rings. The number of hydrogen-bond donors (Lipinski definition) is 2. The number of amides is 1. The van der Waals surface area contributed by atoms with Crippen LogP contribution in [0.4, 0.5) is 0 Å². The molecule has 1 aromatic carbocycles. The molecule has 3 nitrogen and oxygen atoms in total. The lowest BCUT2D eigenvalue weighted by Gasteiger charge is -2.28. The van der Waals surface area contributed by atoms with Crippen LogP contribution in [0, 0.1) is 12.3 Å². The highest BCUT2D eigenvalue weighted by molar-refractivity contribution is 5.83. The summed E-state index contributed by atoms with van der Waals surface area (Å²) in [6.45, 7) is 8.00. The van der Waals surface area contributed by atoms with Crippen molar-refractivity contribution < 1.29 is 4.79 Å². The van der Waals surface area contributed by atoms with Crippen LogP contribution in [0.15, 0.2) is 24.3 Å². The maximum absolute atomic E-state index is 12.5. The average Bonchev–Trinajstić information content (AvgIpc) is 2.89. The average molecular weight is 260 g/mol. The van der Waals surface area contributed by atoms with E-state index in [1.165, 1.54) is 11.1 Å². The molecule has 1 heterocycles. The maximum atomic E-state index is 12.5. The Kier molecular flexibility index (Phi) is 4.25. The van der Waals surface area contributed by atoms with Gasteiger partial charge in [-0.1, -0.05) is 31.2 Å². The second-order valence-corrected chi connectivity index (χ2v) is 5.61. The van der Waals surface area contributed by atoms with Gasteiger partial charge in [0.1, 0.15) is 0 Å². The van der Waals surface area contributed by atoms with E-state index in [9.17, 15) is 4.79 Å². The monoisotopic (exact) mass is 260 g/mol. The molecule has 19 heavy (non-hydrogen) atoms. The Morgan fingerprint density at radius 3 is 2.79 bits per heavy atom. The molecule has 104 valence electrons. The van der Waals surface area contributed by atoms with Gasteiger partial charge in [-0.2, -0.15) is 0 Å². The fraction of sp³-hybridized carbons (Fsp3) is 0.562. The van der Waals surface area contributed by atoms with Crippen LogP contribution in [0.1, 0.15) is 43.9 Å². The van der Waals surface area contributed by atoms with Gasteiger partial charge in [-0.25, -0.2) is 0 Å². The normalized spacial score (nSPS) is 24.2. The molecule has 0 saturated carbocycles. The van der Waals surface area contributed by atoms with Gasteiger partial charge in [-0.3, -0.25) is 4.79 Å². The van der Waals surface area contributed by atoms with E-state index in [-0.39, 0.29) is 17.4 Å². The summed E-state index contributed by atoms with van der Waals surface area (Å²) in [5, 5.41) is 6.50. The number of nitrogens with one attached hydrogen (secondary N) is 2. The van der Waals surface area contributed by atoms with Crippen LogP contribution in [0.2, 0.25) is 0 Å².